The second kappa shape index (κ2) is 10.3. The van der Waals surface area contributed by atoms with Crippen LogP contribution in [0, 0.1) is 0 Å². The van der Waals surface area contributed by atoms with Crippen LogP contribution in [0.4, 0.5) is 4.79 Å². The molecule has 1 aromatic heterocycles. The number of amides is 1. The highest BCUT2D eigenvalue weighted by molar-refractivity contribution is 14.0. The zero-order chi connectivity index (χ0) is 22.0. The van der Waals surface area contributed by atoms with Crippen LogP contribution < -0.4 is 10.6 Å². The molecule has 2 atom stereocenters. The van der Waals surface area contributed by atoms with E-state index < -0.39 is 5.60 Å². The van der Waals surface area contributed by atoms with Crippen molar-refractivity contribution < 1.29 is 13.9 Å². The summed E-state index contributed by atoms with van der Waals surface area (Å²) in [6.45, 7) is 6.50. The van der Waals surface area contributed by atoms with Gasteiger partial charge in [-0.2, -0.15) is 0 Å². The molecule has 2 bridgehead atoms. The molecule has 3 heterocycles. The molecule has 0 saturated carbocycles. The standard InChI is InChI=1S/C24H34N4O3.HI/c1-24(2,3)31-23(29)28-18-9-10-19(28)15-17(14-18)27-22(25-4)26-12-11-20-13-16-7-5-6-8-21(16)30-20;/h5-8,13,17-19H,9-12,14-15H2,1-4H3,(H2,25,26,27);1H. The monoisotopic (exact) mass is 554 g/mol. The van der Waals surface area contributed by atoms with Crippen LogP contribution >= 0.6 is 24.0 Å². The first-order chi connectivity index (χ1) is 14.8. The Labute approximate surface area is 207 Å². The van der Waals surface area contributed by atoms with Crippen molar-refractivity contribution in [2.24, 2.45) is 4.99 Å². The average molecular weight is 554 g/mol. The molecule has 2 fully saturated rings. The molecule has 7 nitrogen and oxygen atoms in total. The molecule has 2 saturated heterocycles. The topological polar surface area (TPSA) is 79.1 Å². The molecule has 2 aromatic rings. The van der Waals surface area contributed by atoms with Gasteiger partial charge in [0.15, 0.2) is 5.96 Å². The molecule has 1 amide bonds. The second-order valence-electron chi connectivity index (χ2n) is 9.58. The summed E-state index contributed by atoms with van der Waals surface area (Å²) in [4.78, 5) is 19.0. The fourth-order valence-corrected chi connectivity index (χ4v) is 4.76. The molecule has 2 N–H and O–H groups in total. The minimum atomic E-state index is -0.461. The summed E-state index contributed by atoms with van der Waals surface area (Å²) in [6, 6.07) is 10.9. The van der Waals surface area contributed by atoms with Crippen molar-refractivity contribution in [2.45, 2.75) is 76.6 Å². The number of aliphatic imine (C=N–C) groups is 1. The first kappa shape index (κ1) is 24.7. The third kappa shape index (κ3) is 5.88. The fraction of sp³-hybridized carbons (Fsp3) is 0.583. The summed E-state index contributed by atoms with van der Waals surface area (Å²) in [7, 11) is 1.79. The molecule has 2 aliphatic heterocycles. The Morgan fingerprint density at radius 2 is 1.91 bits per heavy atom. The first-order valence-corrected chi connectivity index (χ1v) is 11.3. The van der Waals surface area contributed by atoms with Crippen molar-refractivity contribution in [3.05, 3.63) is 36.1 Å². The van der Waals surface area contributed by atoms with Gasteiger partial charge < -0.3 is 24.7 Å². The third-order valence-corrected chi connectivity index (χ3v) is 6.04. The predicted molar refractivity (Wildman–Crippen MR) is 138 cm³/mol. The SMILES string of the molecule is CN=C(NCCc1cc2ccccc2o1)NC1CC2CCC(C1)N2C(=O)OC(C)(C)C.I. The lowest BCUT2D eigenvalue weighted by Crippen LogP contribution is -2.55. The Hall–Kier alpha value is -1.97. The minimum Gasteiger partial charge on any atom is -0.461 e. The van der Waals surface area contributed by atoms with Gasteiger partial charge in [-0.05, 0) is 58.6 Å². The minimum absolute atomic E-state index is 0. The quantitative estimate of drug-likeness (QED) is 0.326. The smallest absolute Gasteiger partial charge is 0.410 e. The van der Waals surface area contributed by atoms with E-state index in [-0.39, 0.29) is 42.2 Å². The number of hydrogen-bond donors (Lipinski definition) is 2. The zero-order valence-corrected chi connectivity index (χ0v) is 21.7. The summed E-state index contributed by atoms with van der Waals surface area (Å²) in [6.07, 6.45) is 4.53. The number of nitrogens with zero attached hydrogens (tertiary/aromatic N) is 2. The van der Waals surface area contributed by atoms with Crippen LogP contribution in [0.2, 0.25) is 0 Å². The number of benzene rings is 1. The number of furan rings is 1. The van der Waals surface area contributed by atoms with E-state index in [4.69, 9.17) is 9.15 Å². The molecule has 0 aliphatic carbocycles. The van der Waals surface area contributed by atoms with Crippen LogP contribution in [-0.2, 0) is 11.2 Å². The maximum Gasteiger partial charge on any atom is 0.410 e. The molecular formula is C24H35IN4O3. The average Bonchev–Trinajstić information content (AvgIpc) is 3.24. The van der Waals surface area contributed by atoms with E-state index in [1.165, 1.54) is 0 Å². The van der Waals surface area contributed by atoms with Crippen molar-refractivity contribution in [2.75, 3.05) is 13.6 Å². The van der Waals surface area contributed by atoms with Crippen LogP contribution in [0.25, 0.3) is 11.0 Å². The van der Waals surface area contributed by atoms with Crippen LogP contribution in [0.3, 0.4) is 0 Å². The number of para-hydroxylation sites is 1. The highest BCUT2D eigenvalue weighted by Gasteiger charge is 2.45. The lowest BCUT2D eigenvalue weighted by molar-refractivity contribution is 0.00545. The van der Waals surface area contributed by atoms with Crippen LogP contribution in [0.1, 0.15) is 52.2 Å². The third-order valence-electron chi connectivity index (χ3n) is 6.04. The van der Waals surface area contributed by atoms with E-state index in [0.717, 1.165) is 61.3 Å². The van der Waals surface area contributed by atoms with E-state index in [1.807, 2.05) is 43.9 Å². The lowest BCUT2D eigenvalue weighted by Gasteiger charge is -2.40. The summed E-state index contributed by atoms with van der Waals surface area (Å²) >= 11 is 0. The number of guanidine groups is 1. The summed E-state index contributed by atoms with van der Waals surface area (Å²) in [5.74, 6) is 1.76. The van der Waals surface area contributed by atoms with Gasteiger partial charge in [0.05, 0.1) is 0 Å². The highest BCUT2D eigenvalue weighted by Crippen LogP contribution is 2.36. The van der Waals surface area contributed by atoms with Crippen LogP contribution in [-0.4, -0.2) is 54.3 Å². The lowest BCUT2D eigenvalue weighted by atomic mass is 9.98. The van der Waals surface area contributed by atoms with E-state index in [2.05, 4.69) is 27.8 Å². The fourth-order valence-electron chi connectivity index (χ4n) is 4.76. The summed E-state index contributed by atoms with van der Waals surface area (Å²) < 4.78 is 11.5. The first-order valence-electron chi connectivity index (χ1n) is 11.3. The number of halogens is 1. The Balaban J connectivity index is 0.00000289. The number of carbonyl (C=O) groups excluding carboxylic acids is 1. The van der Waals surface area contributed by atoms with Gasteiger partial charge in [0.2, 0.25) is 0 Å². The highest BCUT2D eigenvalue weighted by atomic mass is 127. The van der Waals surface area contributed by atoms with Gasteiger partial charge in [-0.15, -0.1) is 24.0 Å². The summed E-state index contributed by atoms with van der Waals surface area (Å²) in [5.41, 5.74) is 0.462. The van der Waals surface area contributed by atoms with Crippen molar-refractivity contribution >= 4 is 47.0 Å². The molecule has 8 heteroatoms. The van der Waals surface area contributed by atoms with Gasteiger partial charge in [0, 0.05) is 43.5 Å². The van der Waals surface area contributed by atoms with Gasteiger partial charge >= 0.3 is 6.09 Å². The molecule has 2 aliphatic rings. The maximum absolute atomic E-state index is 12.6. The largest absolute Gasteiger partial charge is 0.461 e. The molecule has 0 spiro atoms. The van der Waals surface area contributed by atoms with Crippen molar-refractivity contribution in [1.29, 1.82) is 0 Å². The molecular weight excluding hydrogens is 519 g/mol. The number of carbonyl (C=O) groups is 1. The predicted octanol–water partition coefficient (Wildman–Crippen LogP) is 4.69. The normalized spacial score (nSPS) is 23.1. The molecule has 2 unspecified atom stereocenters. The van der Waals surface area contributed by atoms with E-state index in [1.54, 1.807) is 7.05 Å². The van der Waals surface area contributed by atoms with Crippen molar-refractivity contribution in [1.82, 2.24) is 15.5 Å². The molecule has 176 valence electrons. The number of rotatable bonds is 4. The van der Waals surface area contributed by atoms with Crippen LogP contribution in [0.5, 0.6) is 0 Å². The van der Waals surface area contributed by atoms with Crippen LogP contribution in [0.15, 0.2) is 39.7 Å². The van der Waals surface area contributed by atoms with E-state index in [0.29, 0.717) is 6.04 Å². The van der Waals surface area contributed by atoms with Crippen molar-refractivity contribution in [3.63, 3.8) is 0 Å². The Bertz CT molecular complexity index is 905. The van der Waals surface area contributed by atoms with E-state index >= 15 is 0 Å². The number of fused-ring (bicyclic) bond motifs is 3. The number of nitrogens with one attached hydrogen (secondary N) is 2. The van der Waals surface area contributed by atoms with Crippen molar-refractivity contribution in [3.8, 4) is 0 Å². The number of hydrogen-bond acceptors (Lipinski definition) is 4. The Kier molecular flexibility index (Phi) is 7.95. The van der Waals surface area contributed by atoms with Gasteiger partial charge in [-0.3, -0.25) is 4.99 Å². The Morgan fingerprint density at radius 3 is 2.53 bits per heavy atom. The summed E-state index contributed by atoms with van der Waals surface area (Å²) in [5, 5.41) is 8.09. The maximum atomic E-state index is 12.6. The zero-order valence-electron chi connectivity index (χ0n) is 19.4. The second-order valence-corrected chi connectivity index (χ2v) is 9.58. The molecule has 0 radical (unpaired) electrons. The Morgan fingerprint density at radius 1 is 1.22 bits per heavy atom. The van der Waals surface area contributed by atoms with Gasteiger partial charge in [-0.25, -0.2) is 4.79 Å². The van der Waals surface area contributed by atoms with Gasteiger partial charge in [-0.1, -0.05) is 18.2 Å². The van der Waals surface area contributed by atoms with Gasteiger partial charge in [0.25, 0.3) is 0 Å². The van der Waals surface area contributed by atoms with Gasteiger partial charge in [0.1, 0.15) is 16.9 Å². The number of piperidine rings is 1. The molecule has 4 rings (SSSR count). The number of ether oxygens (including phenoxy) is 1. The molecule has 32 heavy (non-hydrogen) atoms. The molecule has 1 aromatic carbocycles. The van der Waals surface area contributed by atoms with E-state index in [9.17, 15) is 4.79 Å².